The van der Waals surface area contributed by atoms with Crippen LogP contribution in [-0.4, -0.2) is 6.04 Å². The molecule has 1 unspecified atom stereocenters. The predicted octanol–water partition coefficient (Wildman–Crippen LogP) is 0.777. The molecule has 0 aliphatic heterocycles. The van der Waals surface area contributed by atoms with E-state index >= 15 is 0 Å². The van der Waals surface area contributed by atoms with Crippen LogP contribution in [0.1, 0.15) is 6.92 Å². The SMILES string of the molecule is C=C(S)C(C)N. The zero-order valence-electron chi connectivity index (χ0n) is 3.81. The van der Waals surface area contributed by atoms with E-state index in [1.807, 2.05) is 6.92 Å². The molecule has 0 aromatic heterocycles. The molecule has 1 nitrogen and oxygen atoms in total. The number of hydrogen-bond acceptors (Lipinski definition) is 2. The van der Waals surface area contributed by atoms with Gasteiger partial charge in [0, 0.05) is 6.04 Å². The molecule has 0 aliphatic rings. The molecular formula is C4H9NS. The van der Waals surface area contributed by atoms with E-state index < -0.39 is 0 Å². The fourth-order valence-electron chi connectivity index (χ4n) is 0. The number of hydrogen-bond donors (Lipinski definition) is 2. The van der Waals surface area contributed by atoms with Crippen LogP contribution in [0.4, 0.5) is 0 Å². The summed E-state index contributed by atoms with van der Waals surface area (Å²) in [5, 5.41) is 0. The van der Waals surface area contributed by atoms with Gasteiger partial charge in [-0.3, -0.25) is 0 Å². The standard InChI is InChI=1S/C4H9NS/c1-3(5)4(2)6/h3,6H,2,5H2,1H3. The van der Waals surface area contributed by atoms with Gasteiger partial charge >= 0.3 is 0 Å². The summed E-state index contributed by atoms with van der Waals surface area (Å²) in [6.07, 6.45) is 0. The topological polar surface area (TPSA) is 26.0 Å². The fourth-order valence-corrected chi connectivity index (χ4v) is 0. The molecule has 1 atom stereocenters. The first-order chi connectivity index (χ1) is 2.64. The molecule has 0 fully saturated rings. The molecule has 0 radical (unpaired) electrons. The van der Waals surface area contributed by atoms with Crippen LogP contribution < -0.4 is 5.73 Å². The monoisotopic (exact) mass is 103 g/mol. The summed E-state index contributed by atoms with van der Waals surface area (Å²) >= 11 is 3.87. The molecule has 0 saturated carbocycles. The zero-order valence-corrected chi connectivity index (χ0v) is 4.70. The van der Waals surface area contributed by atoms with Crippen molar-refractivity contribution in [2.24, 2.45) is 5.73 Å². The Morgan fingerprint density at radius 1 is 2.00 bits per heavy atom. The van der Waals surface area contributed by atoms with Crippen molar-refractivity contribution in [3.8, 4) is 0 Å². The van der Waals surface area contributed by atoms with Gasteiger partial charge in [-0.1, -0.05) is 6.58 Å². The van der Waals surface area contributed by atoms with Gasteiger partial charge < -0.3 is 5.73 Å². The molecule has 0 rings (SSSR count). The molecule has 0 bridgehead atoms. The third-order valence-corrected chi connectivity index (χ3v) is 0.933. The van der Waals surface area contributed by atoms with Crippen LogP contribution in [0, 0.1) is 0 Å². The molecule has 2 heteroatoms. The summed E-state index contributed by atoms with van der Waals surface area (Å²) < 4.78 is 0. The lowest BCUT2D eigenvalue weighted by Gasteiger charge is -1.97. The highest BCUT2D eigenvalue weighted by Gasteiger charge is 1.88. The van der Waals surface area contributed by atoms with Gasteiger partial charge in [0.25, 0.3) is 0 Å². The summed E-state index contributed by atoms with van der Waals surface area (Å²) in [7, 11) is 0. The summed E-state index contributed by atoms with van der Waals surface area (Å²) in [5.41, 5.74) is 5.26. The molecule has 6 heavy (non-hydrogen) atoms. The average Bonchev–Trinajstić information content (AvgIpc) is 1.36. The van der Waals surface area contributed by atoms with Crippen LogP contribution in [0.2, 0.25) is 0 Å². The van der Waals surface area contributed by atoms with Crippen LogP contribution >= 0.6 is 12.6 Å². The molecule has 0 amide bonds. The van der Waals surface area contributed by atoms with Gasteiger partial charge in [0.05, 0.1) is 0 Å². The Bertz CT molecular complexity index is 58.6. The van der Waals surface area contributed by atoms with Crippen LogP contribution in [0.25, 0.3) is 0 Å². The van der Waals surface area contributed by atoms with E-state index in [4.69, 9.17) is 5.73 Å². The van der Waals surface area contributed by atoms with E-state index in [1.54, 1.807) is 0 Å². The Morgan fingerprint density at radius 2 is 2.17 bits per heavy atom. The third-order valence-electron chi connectivity index (χ3n) is 0.526. The lowest BCUT2D eigenvalue weighted by atomic mass is 10.4. The quantitative estimate of drug-likeness (QED) is 0.471. The van der Waals surface area contributed by atoms with Crippen molar-refractivity contribution >= 4 is 12.6 Å². The van der Waals surface area contributed by atoms with Crippen LogP contribution in [-0.2, 0) is 0 Å². The van der Waals surface area contributed by atoms with Crippen LogP contribution in [0.15, 0.2) is 11.5 Å². The number of thiol groups is 1. The molecule has 2 N–H and O–H groups in total. The van der Waals surface area contributed by atoms with Gasteiger partial charge in [-0.2, -0.15) is 0 Å². The fraction of sp³-hybridized carbons (Fsp3) is 0.500. The second-order valence-electron chi connectivity index (χ2n) is 1.28. The minimum atomic E-state index is 0.0216. The van der Waals surface area contributed by atoms with Crippen molar-refractivity contribution in [1.29, 1.82) is 0 Å². The summed E-state index contributed by atoms with van der Waals surface area (Å²) in [5.74, 6) is 0. The first-order valence-electron chi connectivity index (χ1n) is 1.78. The molecule has 36 valence electrons. The molecule has 0 spiro atoms. The van der Waals surface area contributed by atoms with Gasteiger partial charge in [-0.15, -0.1) is 12.6 Å². The molecule has 0 aromatic rings. The summed E-state index contributed by atoms with van der Waals surface area (Å²) in [6.45, 7) is 5.34. The van der Waals surface area contributed by atoms with Crippen LogP contribution in [0.5, 0.6) is 0 Å². The smallest absolute Gasteiger partial charge is 0.0317 e. The second-order valence-corrected chi connectivity index (χ2v) is 1.85. The van der Waals surface area contributed by atoms with Gasteiger partial charge in [-0.05, 0) is 11.8 Å². The van der Waals surface area contributed by atoms with Crippen molar-refractivity contribution in [1.82, 2.24) is 0 Å². The number of nitrogens with two attached hydrogens (primary N) is 1. The van der Waals surface area contributed by atoms with Crippen molar-refractivity contribution < 1.29 is 0 Å². The summed E-state index contributed by atoms with van der Waals surface area (Å²) in [6, 6.07) is 0.0216. The summed E-state index contributed by atoms with van der Waals surface area (Å²) in [4.78, 5) is 0.731. The molecular weight excluding hydrogens is 94.1 g/mol. The lowest BCUT2D eigenvalue weighted by molar-refractivity contribution is 0.916. The normalized spacial score (nSPS) is 13.8. The van der Waals surface area contributed by atoms with E-state index in [2.05, 4.69) is 19.2 Å². The molecule has 0 aliphatic carbocycles. The maximum Gasteiger partial charge on any atom is 0.0317 e. The van der Waals surface area contributed by atoms with E-state index in [0.29, 0.717) is 0 Å². The minimum Gasteiger partial charge on any atom is -0.324 e. The first-order valence-corrected chi connectivity index (χ1v) is 2.22. The highest BCUT2D eigenvalue weighted by Crippen LogP contribution is 1.97. The average molecular weight is 103 g/mol. The maximum atomic E-state index is 5.26. The Labute approximate surface area is 43.6 Å². The van der Waals surface area contributed by atoms with Crippen molar-refractivity contribution in [2.45, 2.75) is 13.0 Å². The highest BCUT2D eigenvalue weighted by molar-refractivity contribution is 7.84. The predicted molar refractivity (Wildman–Crippen MR) is 31.8 cm³/mol. The Hall–Kier alpha value is 0.0500. The molecule has 0 aromatic carbocycles. The van der Waals surface area contributed by atoms with Crippen molar-refractivity contribution in [3.63, 3.8) is 0 Å². The molecule has 0 saturated heterocycles. The molecule has 0 heterocycles. The van der Waals surface area contributed by atoms with Gasteiger partial charge in [0.15, 0.2) is 0 Å². The van der Waals surface area contributed by atoms with Gasteiger partial charge in [-0.25, -0.2) is 0 Å². The van der Waals surface area contributed by atoms with Crippen molar-refractivity contribution in [2.75, 3.05) is 0 Å². The van der Waals surface area contributed by atoms with Crippen LogP contribution in [0.3, 0.4) is 0 Å². The Morgan fingerprint density at radius 3 is 2.17 bits per heavy atom. The van der Waals surface area contributed by atoms with Gasteiger partial charge in [0.2, 0.25) is 0 Å². The van der Waals surface area contributed by atoms with E-state index in [0.717, 1.165) is 4.91 Å². The maximum absolute atomic E-state index is 5.26. The second kappa shape index (κ2) is 2.26. The largest absolute Gasteiger partial charge is 0.324 e. The van der Waals surface area contributed by atoms with Gasteiger partial charge in [0.1, 0.15) is 0 Å². The number of rotatable bonds is 1. The highest BCUT2D eigenvalue weighted by atomic mass is 32.1. The Balaban J connectivity index is 3.26. The van der Waals surface area contributed by atoms with E-state index in [1.165, 1.54) is 0 Å². The Kier molecular flexibility index (Phi) is 2.28. The minimum absolute atomic E-state index is 0.0216. The zero-order chi connectivity index (χ0) is 5.15. The lowest BCUT2D eigenvalue weighted by Crippen LogP contribution is -2.13. The third kappa shape index (κ3) is 2.30. The van der Waals surface area contributed by atoms with E-state index in [-0.39, 0.29) is 6.04 Å². The van der Waals surface area contributed by atoms with E-state index in [9.17, 15) is 0 Å². The van der Waals surface area contributed by atoms with Crippen molar-refractivity contribution in [3.05, 3.63) is 11.5 Å². The first kappa shape index (κ1) is 6.05.